The summed E-state index contributed by atoms with van der Waals surface area (Å²) in [7, 11) is 0. The third kappa shape index (κ3) is 2.80. The number of benzene rings is 1. The van der Waals surface area contributed by atoms with Crippen LogP contribution in [0.4, 0.5) is 5.82 Å². The molecule has 0 radical (unpaired) electrons. The van der Waals surface area contributed by atoms with Gasteiger partial charge in [0.25, 0.3) is 0 Å². The summed E-state index contributed by atoms with van der Waals surface area (Å²) in [4.78, 5) is 11.5. The van der Waals surface area contributed by atoms with Gasteiger partial charge in [0.1, 0.15) is 11.3 Å². The first-order valence-corrected chi connectivity index (χ1v) is 8.06. The molecule has 3 aromatic rings. The van der Waals surface area contributed by atoms with Gasteiger partial charge in [-0.1, -0.05) is 12.1 Å². The fourth-order valence-corrected chi connectivity index (χ4v) is 2.98. The van der Waals surface area contributed by atoms with Crippen LogP contribution in [0.5, 0.6) is 0 Å². The zero-order valence-corrected chi connectivity index (χ0v) is 12.9. The number of aromatic nitrogens is 2. The topological polar surface area (TPSA) is 62.4 Å². The quantitative estimate of drug-likeness (QED) is 0.803. The third-order valence-electron chi connectivity index (χ3n) is 4.30. The number of hydrogen-bond donors (Lipinski definition) is 1. The van der Waals surface area contributed by atoms with Gasteiger partial charge in [-0.15, -0.1) is 0 Å². The Bertz CT molecular complexity index is 805. The van der Waals surface area contributed by atoms with E-state index in [1.807, 2.05) is 36.4 Å². The Kier molecular flexibility index (Phi) is 3.71. The Balaban J connectivity index is 1.66. The lowest BCUT2D eigenvalue weighted by molar-refractivity contribution is 0.282. The van der Waals surface area contributed by atoms with Crippen LogP contribution in [0.25, 0.3) is 22.7 Å². The van der Waals surface area contributed by atoms with Crippen molar-refractivity contribution in [3.05, 3.63) is 42.0 Å². The van der Waals surface area contributed by atoms with Crippen LogP contribution >= 0.6 is 0 Å². The number of nitrogens with zero attached hydrogens (tertiary/aromatic N) is 3. The fourth-order valence-electron chi connectivity index (χ4n) is 2.98. The van der Waals surface area contributed by atoms with Gasteiger partial charge in [-0.05, 0) is 49.1 Å². The van der Waals surface area contributed by atoms with Gasteiger partial charge in [0.05, 0.1) is 6.61 Å². The van der Waals surface area contributed by atoms with Gasteiger partial charge in [-0.3, -0.25) is 0 Å². The van der Waals surface area contributed by atoms with Crippen molar-refractivity contribution in [2.75, 3.05) is 18.0 Å². The van der Waals surface area contributed by atoms with Gasteiger partial charge in [0, 0.05) is 18.7 Å². The Labute approximate surface area is 134 Å². The molecule has 5 heteroatoms. The van der Waals surface area contributed by atoms with Crippen molar-refractivity contribution in [2.24, 2.45) is 0 Å². The number of fused-ring (bicyclic) bond motifs is 1. The molecule has 1 aliphatic heterocycles. The lowest BCUT2D eigenvalue weighted by Crippen LogP contribution is -2.29. The molecule has 4 rings (SSSR count). The van der Waals surface area contributed by atoms with Crippen molar-refractivity contribution >= 4 is 17.0 Å². The van der Waals surface area contributed by atoms with Crippen molar-refractivity contribution in [3.8, 4) is 11.5 Å². The molecule has 0 amide bonds. The van der Waals surface area contributed by atoms with Crippen molar-refractivity contribution < 1.29 is 9.52 Å². The second-order valence-electron chi connectivity index (χ2n) is 5.92. The summed E-state index contributed by atoms with van der Waals surface area (Å²) >= 11 is 0. The standard InChI is InChI=1S/C18H19N3O2/c22-12-13-4-6-14(7-5-13)17-19-15-8-9-16(20-18(15)23-17)21-10-2-1-3-11-21/h4-9,22H,1-3,10-12H2. The van der Waals surface area contributed by atoms with E-state index in [-0.39, 0.29) is 6.61 Å². The fraction of sp³-hybridized carbons (Fsp3) is 0.333. The second-order valence-corrected chi connectivity index (χ2v) is 5.92. The number of anilines is 1. The van der Waals surface area contributed by atoms with E-state index < -0.39 is 0 Å². The molecule has 3 heterocycles. The van der Waals surface area contributed by atoms with Gasteiger partial charge in [-0.2, -0.15) is 4.98 Å². The van der Waals surface area contributed by atoms with Crippen LogP contribution < -0.4 is 4.90 Å². The minimum Gasteiger partial charge on any atom is -0.418 e. The van der Waals surface area contributed by atoms with Gasteiger partial charge in [0.2, 0.25) is 11.6 Å². The molecule has 0 bridgehead atoms. The first kappa shape index (κ1) is 14.2. The second kappa shape index (κ2) is 6.01. The molecule has 1 aliphatic rings. The lowest BCUT2D eigenvalue weighted by Gasteiger charge is -2.27. The Morgan fingerprint density at radius 1 is 0.957 bits per heavy atom. The number of rotatable bonds is 3. The van der Waals surface area contributed by atoms with Gasteiger partial charge < -0.3 is 14.4 Å². The molecular formula is C18H19N3O2. The molecule has 0 saturated carbocycles. The molecule has 0 unspecified atom stereocenters. The monoisotopic (exact) mass is 309 g/mol. The SMILES string of the molecule is OCc1ccc(-c2nc3ccc(N4CCCCC4)nc3o2)cc1. The highest BCUT2D eigenvalue weighted by molar-refractivity contribution is 5.74. The largest absolute Gasteiger partial charge is 0.418 e. The number of oxazole rings is 1. The van der Waals surface area contributed by atoms with Crippen molar-refractivity contribution in [3.63, 3.8) is 0 Å². The van der Waals surface area contributed by atoms with Crippen LogP contribution in [0.1, 0.15) is 24.8 Å². The predicted molar refractivity (Wildman–Crippen MR) is 89.2 cm³/mol. The summed E-state index contributed by atoms with van der Waals surface area (Å²) in [5, 5.41) is 9.11. The van der Waals surface area contributed by atoms with Gasteiger partial charge in [-0.25, -0.2) is 4.98 Å². The maximum Gasteiger partial charge on any atom is 0.249 e. The summed E-state index contributed by atoms with van der Waals surface area (Å²) < 4.78 is 5.85. The molecule has 1 aromatic carbocycles. The van der Waals surface area contributed by atoms with E-state index in [9.17, 15) is 0 Å². The highest BCUT2D eigenvalue weighted by atomic mass is 16.4. The minimum absolute atomic E-state index is 0.0363. The summed E-state index contributed by atoms with van der Waals surface area (Å²) in [6.45, 7) is 2.15. The zero-order valence-electron chi connectivity index (χ0n) is 12.9. The molecule has 5 nitrogen and oxygen atoms in total. The number of aliphatic hydroxyl groups is 1. The van der Waals surface area contributed by atoms with E-state index in [4.69, 9.17) is 9.52 Å². The van der Waals surface area contributed by atoms with Crippen molar-refractivity contribution in [1.82, 2.24) is 9.97 Å². The Morgan fingerprint density at radius 3 is 2.48 bits per heavy atom. The molecule has 0 aliphatic carbocycles. The molecule has 0 atom stereocenters. The van der Waals surface area contributed by atoms with E-state index in [1.54, 1.807) is 0 Å². The highest BCUT2D eigenvalue weighted by Gasteiger charge is 2.15. The molecule has 118 valence electrons. The average Bonchev–Trinajstić information content (AvgIpc) is 3.06. The first-order chi connectivity index (χ1) is 11.3. The maximum atomic E-state index is 9.11. The van der Waals surface area contributed by atoms with Crippen molar-refractivity contribution in [2.45, 2.75) is 25.9 Å². The van der Waals surface area contributed by atoms with Crippen LogP contribution in [0, 0.1) is 0 Å². The van der Waals surface area contributed by atoms with Gasteiger partial charge >= 0.3 is 0 Å². The maximum absolute atomic E-state index is 9.11. The molecule has 0 spiro atoms. The molecule has 1 N–H and O–H groups in total. The molecule has 1 fully saturated rings. The van der Waals surface area contributed by atoms with Crippen LogP contribution in [0.15, 0.2) is 40.8 Å². The van der Waals surface area contributed by atoms with Crippen LogP contribution in [0.2, 0.25) is 0 Å². The predicted octanol–water partition coefficient (Wildman–Crippen LogP) is 3.37. The van der Waals surface area contributed by atoms with E-state index in [0.717, 1.165) is 35.6 Å². The molecule has 1 saturated heterocycles. The average molecular weight is 309 g/mol. The third-order valence-corrected chi connectivity index (χ3v) is 4.30. The minimum atomic E-state index is 0.0363. The van der Waals surface area contributed by atoms with Crippen LogP contribution in [-0.2, 0) is 6.61 Å². The highest BCUT2D eigenvalue weighted by Crippen LogP contribution is 2.26. The van der Waals surface area contributed by atoms with E-state index in [1.165, 1.54) is 19.3 Å². The van der Waals surface area contributed by atoms with Crippen LogP contribution in [-0.4, -0.2) is 28.2 Å². The Morgan fingerprint density at radius 2 is 1.74 bits per heavy atom. The van der Waals surface area contributed by atoms with E-state index in [0.29, 0.717) is 11.6 Å². The smallest absolute Gasteiger partial charge is 0.249 e. The number of hydrogen-bond acceptors (Lipinski definition) is 5. The normalized spacial score (nSPS) is 15.3. The molecule has 23 heavy (non-hydrogen) atoms. The molecular weight excluding hydrogens is 290 g/mol. The van der Waals surface area contributed by atoms with Crippen LogP contribution in [0.3, 0.4) is 0 Å². The number of aliphatic hydroxyl groups excluding tert-OH is 1. The van der Waals surface area contributed by atoms with E-state index in [2.05, 4.69) is 14.9 Å². The summed E-state index contributed by atoms with van der Waals surface area (Å²) in [6.07, 6.45) is 3.74. The summed E-state index contributed by atoms with van der Waals surface area (Å²) in [6, 6.07) is 11.5. The lowest BCUT2D eigenvalue weighted by atomic mass is 10.1. The Hall–Kier alpha value is -2.40. The number of pyridine rings is 1. The number of piperidine rings is 1. The first-order valence-electron chi connectivity index (χ1n) is 8.06. The summed E-state index contributed by atoms with van der Waals surface area (Å²) in [5.74, 6) is 1.53. The molecule has 2 aromatic heterocycles. The van der Waals surface area contributed by atoms with Crippen molar-refractivity contribution in [1.29, 1.82) is 0 Å². The summed E-state index contributed by atoms with van der Waals surface area (Å²) in [5.41, 5.74) is 3.11. The van der Waals surface area contributed by atoms with Gasteiger partial charge in [0.15, 0.2) is 0 Å². The van der Waals surface area contributed by atoms with E-state index >= 15 is 0 Å². The zero-order chi connectivity index (χ0) is 15.6.